The molecule has 1 aliphatic carbocycles. The van der Waals surface area contributed by atoms with Crippen molar-refractivity contribution in [3.05, 3.63) is 131 Å². The molecule has 596 valence electrons. The highest BCUT2D eigenvalue weighted by Gasteiger charge is 2.46. The number of imidazole rings is 2. The standard InChI is InChI=1S/C47H55F2N7O8.C39H42F2N4O4/c1-23(2)40(53-46(59)61-6)43(57)55-20-26(21-64-45(48)49)14-38(55)35-17-32-31-18-39-33(16-27(31)10-12-34(32)51-35)30-11-9-28(15-29(30)22-63-39)36-19-50-42(52-36)37-13-8-25(5)56(37)44(58)41(24(3)4)54-47(60)62-7;1-21-5-6-25(11-21)36-42-17-33(44-36)24-7-9-27-26(13-24)20-47-35-16-28-23(14-30(27)35)8-10-31-29(28)15-32(43-31)34-12-22(19-48-37(40)41)18-45(34)38(46)49-39(2,3)4/h9-12,15-16,18-19,23-26,37-38,40-41,45H,8,13-14,17,20-22H2,1-7H3,(H,50,52)(H,53,59)(H,54,60);7-10,13-14,16-17,21-22,25,34,37H,5-6,11-12,15,18-20H2,1-4H3,(H,42,44)/t25-,26-,37-,38-,40-,41-;21-,22-,25+,34-/m00/s1. The monoisotopic (exact) mass is 1550 g/mol. The molecule has 3 saturated heterocycles. The number of ether oxygens (including phenoxy) is 7. The second kappa shape index (κ2) is 31.9. The van der Waals surface area contributed by atoms with E-state index in [2.05, 4.69) is 86.9 Å². The van der Waals surface area contributed by atoms with Gasteiger partial charge in [0.1, 0.15) is 54.0 Å². The fraction of sp³-hybridized carbons (Fsp3) is 0.477. The van der Waals surface area contributed by atoms with E-state index in [4.69, 9.17) is 48.4 Å². The van der Waals surface area contributed by atoms with Crippen LogP contribution in [0.2, 0.25) is 0 Å². The normalized spacial score (nSPS) is 21.9. The summed E-state index contributed by atoms with van der Waals surface area (Å²) in [6.45, 7) is 12.3. The average molecular weight is 1550 g/mol. The number of carbonyl (C=O) groups is 5. The smallest absolute Gasteiger partial charge is 0.410 e. The van der Waals surface area contributed by atoms with Gasteiger partial charge in [-0.05, 0) is 205 Å². The first kappa shape index (κ1) is 77.9. The number of likely N-dealkylation sites (tertiary alicyclic amines) is 3. The van der Waals surface area contributed by atoms with Crippen molar-refractivity contribution in [2.45, 2.75) is 194 Å². The molecule has 0 bridgehead atoms. The molecule has 16 rings (SSSR count). The topological polar surface area (TPSA) is 266 Å². The zero-order valence-electron chi connectivity index (χ0n) is 65.5. The van der Waals surface area contributed by atoms with Crippen molar-refractivity contribution in [1.82, 2.24) is 45.3 Å². The summed E-state index contributed by atoms with van der Waals surface area (Å²) >= 11 is 0. The van der Waals surface area contributed by atoms with Crippen LogP contribution in [-0.2, 0) is 59.3 Å². The van der Waals surface area contributed by atoms with Gasteiger partial charge in [-0.3, -0.25) is 24.5 Å². The molecule has 1 saturated carbocycles. The molecule has 7 aliphatic heterocycles. The number of aromatic nitrogens is 4. The predicted molar refractivity (Wildman–Crippen MR) is 419 cm³/mol. The number of amides is 5. The number of H-pyrrole nitrogens is 2. The van der Waals surface area contributed by atoms with E-state index in [1.165, 1.54) is 33.5 Å². The maximum absolute atomic E-state index is 14.1. The SMILES string of the molecule is COC(=O)N[C@H](C(=O)N1C[C@@H](COC(F)F)C[C@H]1C1=Nc2ccc3cc4c(cc3c2C1)OCc1cc(-c2cnc([C@@H]3CC[C@H](C)N3C(=O)[C@@H](NC(=O)OC)C(C)C)[nH]2)ccc1-4)C(C)C.C[C@H]1CC[C@@H](c2ncc(-c3ccc4c(c3)COc3cc5c6c(ccc5cc3-4)N=C([C@@H]3C[C@H](COC(F)F)CN3C(=O)OC(C)(C)C)C6)[nH]2)C1. The minimum Gasteiger partial charge on any atom is -0.488 e. The summed E-state index contributed by atoms with van der Waals surface area (Å²) in [6, 6.07) is 26.5. The van der Waals surface area contributed by atoms with Crippen molar-refractivity contribution in [3.63, 3.8) is 0 Å². The van der Waals surface area contributed by atoms with E-state index in [0.29, 0.717) is 50.6 Å². The number of alkyl carbamates (subject to hydrolysis) is 2. The number of rotatable bonds is 18. The minimum atomic E-state index is -2.93. The van der Waals surface area contributed by atoms with E-state index in [1.54, 1.807) is 16.0 Å². The van der Waals surface area contributed by atoms with Gasteiger partial charge in [-0.1, -0.05) is 71.0 Å². The number of aliphatic imine (C=N–C) groups is 2. The fourth-order valence-corrected chi connectivity index (χ4v) is 17.8. The number of fused-ring (bicyclic) bond motifs is 12. The lowest BCUT2D eigenvalue weighted by Crippen LogP contribution is -2.53. The molecule has 0 spiro atoms. The number of alkyl halides is 4. The van der Waals surface area contributed by atoms with Crippen molar-refractivity contribution in [2.24, 2.45) is 39.6 Å². The van der Waals surface area contributed by atoms with Crippen LogP contribution in [0.5, 0.6) is 11.5 Å². The minimum absolute atomic E-state index is 0.0381. The second-order valence-corrected chi connectivity index (χ2v) is 33.1. The average Bonchev–Trinajstić information content (AvgIpc) is 1.72. The maximum atomic E-state index is 14.1. The third kappa shape index (κ3) is 16.0. The first-order chi connectivity index (χ1) is 54.1. The van der Waals surface area contributed by atoms with Crippen LogP contribution < -0.4 is 20.1 Å². The van der Waals surface area contributed by atoms with Gasteiger partial charge in [0.2, 0.25) is 11.8 Å². The molecule has 5 amide bonds. The molecule has 2 aromatic heterocycles. The van der Waals surface area contributed by atoms with Crippen molar-refractivity contribution in [2.75, 3.05) is 40.5 Å². The Kier molecular flexibility index (Phi) is 22.0. The molecule has 10 atom stereocenters. The van der Waals surface area contributed by atoms with Crippen molar-refractivity contribution in [1.29, 1.82) is 0 Å². The zero-order chi connectivity index (χ0) is 79.6. The number of hydrogen-bond donors (Lipinski definition) is 4. The Bertz CT molecular complexity index is 5070. The Morgan fingerprint density at radius 2 is 1.07 bits per heavy atom. The number of nitrogens with zero attached hydrogens (tertiary/aromatic N) is 7. The van der Waals surface area contributed by atoms with Crippen LogP contribution in [0.4, 0.5) is 43.3 Å². The molecule has 0 unspecified atom stereocenters. The molecule has 4 N–H and O–H groups in total. The summed E-state index contributed by atoms with van der Waals surface area (Å²) in [5.74, 6) is 3.08. The highest BCUT2D eigenvalue weighted by atomic mass is 19.3. The lowest BCUT2D eigenvalue weighted by molar-refractivity contribution is -0.139. The lowest BCUT2D eigenvalue weighted by atomic mass is 9.90. The van der Waals surface area contributed by atoms with Crippen LogP contribution in [0.25, 0.3) is 66.3 Å². The molecular weight excluding hydrogens is 1460 g/mol. The van der Waals surface area contributed by atoms with Crippen LogP contribution in [0, 0.1) is 29.6 Å². The molecule has 4 fully saturated rings. The first-order valence-corrected chi connectivity index (χ1v) is 39.2. The largest absolute Gasteiger partial charge is 0.488 e. The summed E-state index contributed by atoms with van der Waals surface area (Å²) in [5.41, 5.74) is 14.8. The van der Waals surface area contributed by atoms with Crippen LogP contribution >= 0.6 is 0 Å². The summed E-state index contributed by atoms with van der Waals surface area (Å²) in [5, 5.41) is 9.46. The number of aromatic amines is 2. The van der Waals surface area contributed by atoms with E-state index in [0.717, 1.165) is 147 Å². The highest BCUT2D eigenvalue weighted by Crippen LogP contribution is 2.49. The Morgan fingerprint density at radius 3 is 1.56 bits per heavy atom. The summed E-state index contributed by atoms with van der Waals surface area (Å²) < 4.78 is 89.4. The van der Waals surface area contributed by atoms with Gasteiger partial charge in [0, 0.05) is 72.3 Å². The Hall–Kier alpha value is -10.4. The van der Waals surface area contributed by atoms with Crippen molar-refractivity contribution < 1.29 is 74.7 Å². The van der Waals surface area contributed by atoms with Crippen LogP contribution in [0.3, 0.4) is 0 Å². The third-order valence-corrected chi connectivity index (χ3v) is 23.5. The molecule has 113 heavy (non-hydrogen) atoms. The van der Waals surface area contributed by atoms with E-state index in [9.17, 15) is 41.5 Å². The predicted octanol–water partition coefficient (Wildman–Crippen LogP) is 16.9. The van der Waals surface area contributed by atoms with Crippen LogP contribution in [0.15, 0.2) is 107 Å². The Balaban J connectivity index is 0.000000184. The van der Waals surface area contributed by atoms with Gasteiger partial charge in [-0.2, -0.15) is 17.6 Å². The number of methoxy groups -OCH3 is 2. The third-order valence-electron chi connectivity index (χ3n) is 23.5. The molecular formula is C86H97F4N11O12. The summed E-state index contributed by atoms with van der Waals surface area (Å²) in [6.07, 6.45) is 8.92. The molecule has 8 aromatic rings. The summed E-state index contributed by atoms with van der Waals surface area (Å²) in [4.78, 5) is 97.2. The van der Waals surface area contributed by atoms with Gasteiger partial charge in [-0.25, -0.2) is 24.4 Å². The number of benzene rings is 6. The molecule has 27 heteroatoms. The van der Waals surface area contributed by atoms with Crippen LogP contribution in [-0.4, -0.2) is 166 Å². The number of hydrogen-bond acceptors (Lipinski definition) is 16. The van der Waals surface area contributed by atoms with Gasteiger partial charge in [-0.15, -0.1) is 0 Å². The van der Waals surface area contributed by atoms with E-state index >= 15 is 0 Å². The van der Waals surface area contributed by atoms with E-state index < -0.39 is 55.2 Å². The van der Waals surface area contributed by atoms with E-state index in [-0.39, 0.29) is 79.9 Å². The van der Waals surface area contributed by atoms with Gasteiger partial charge >= 0.3 is 31.5 Å². The van der Waals surface area contributed by atoms with Gasteiger partial charge in [0.25, 0.3) is 0 Å². The van der Waals surface area contributed by atoms with Gasteiger partial charge in [0.05, 0.1) is 80.7 Å². The molecule has 8 aliphatic rings. The van der Waals surface area contributed by atoms with Crippen molar-refractivity contribution >= 4 is 74.4 Å². The first-order valence-electron chi connectivity index (χ1n) is 39.2. The molecule has 6 aromatic carbocycles. The maximum Gasteiger partial charge on any atom is 0.410 e. The van der Waals surface area contributed by atoms with E-state index in [1.807, 2.05) is 96.8 Å². The molecule has 0 radical (unpaired) electrons. The Labute approximate surface area is 653 Å². The highest BCUT2D eigenvalue weighted by molar-refractivity contribution is 6.08. The number of carbonyl (C=O) groups excluding carboxylic acids is 5. The molecule has 23 nitrogen and oxygen atoms in total. The fourth-order valence-electron chi connectivity index (χ4n) is 17.8. The number of halogens is 4. The van der Waals surface area contributed by atoms with Crippen molar-refractivity contribution in [3.8, 4) is 56.3 Å². The summed E-state index contributed by atoms with van der Waals surface area (Å²) in [7, 11) is 2.51. The zero-order valence-corrected chi connectivity index (χ0v) is 65.5. The quantitative estimate of drug-likeness (QED) is 0.0460. The van der Waals surface area contributed by atoms with Crippen LogP contribution in [0.1, 0.15) is 153 Å². The molecule has 9 heterocycles. The Morgan fingerprint density at radius 1 is 0.575 bits per heavy atom. The second-order valence-electron chi connectivity index (χ2n) is 33.1. The lowest BCUT2D eigenvalue weighted by Gasteiger charge is -2.32. The van der Waals surface area contributed by atoms with Gasteiger partial charge < -0.3 is 63.6 Å². The number of nitrogens with one attached hydrogen (secondary N) is 4. The van der Waals surface area contributed by atoms with Gasteiger partial charge in [0.15, 0.2) is 0 Å².